The van der Waals surface area contributed by atoms with Gasteiger partial charge in [-0.05, 0) is 46.0 Å². The zero-order valence-corrected chi connectivity index (χ0v) is 30.9. The van der Waals surface area contributed by atoms with Crippen molar-refractivity contribution in [3.05, 3.63) is 188 Å². The van der Waals surface area contributed by atoms with Crippen LogP contribution in [0, 0.1) is 0 Å². The zero-order chi connectivity index (χ0) is 37.0. The van der Waals surface area contributed by atoms with Crippen LogP contribution >= 0.6 is 11.3 Å². The van der Waals surface area contributed by atoms with E-state index in [4.69, 9.17) is 19.4 Å². The molecule has 0 radical (unpaired) electrons. The Morgan fingerprint density at radius 1 is 0.339 bits per heavy atom. The lowest BCUT2D eigenvalue weighted by Crippen LogP contribution is -2.00. The fourth-order valence-electron chi connectivity index (χ4n) is 7.79. The highest BCUT2D eigenvalue weighted by Gasteiger charge is 2.20. The van der Waals surface area contributed by atoms with Gasteiger partial charge in [-0.15, -0.1) is 11.3 Å². The van der Waals surface area contributed by atoms with E-state index in [0.29, 0.717) is 17.5 Å². The summed E-state index contributed by atoms with van der Waals surface area (Å²) in [5, 5.41) is 4.62. The van der Waals surface area contributed by atoms with E-state index < -0.39 is 0 Å². The number of aromatic nitrogens is 3. The Hall–Kier alpha value is -7.21. The van der Waals surface area contributed by atoms with Crippen LogP contribution < -0.4 is 0 Å². The predicted molar refractivity (Wildman–Crippen MR) is 233 cm³/mol. The van der Waals surface area contributed by atoms with Crippen molar-refractivity contribution in [2.45, 2.75) is 0 Å². The molecule has 0 unspecified atom stereocenters. The minimum absolute atomic E-state index is 0.597. The summed E-state index contributed by atoms with van der Waals surface area (Å²) in [5.41, 5.74) is 11.2. The average Bonchev–Trinajstić information content (AvgIpc) is 3.85. The van der Waals surface area contributed by atoms with Crippen LogP contribution in [0.3, 0.4) is 0 Å². The Morgan fingerprint density at radius 3 is 1.62 bits per heavy atom. The van der Waals surface area contributed by atoms with E-state index in [-0.39, 0.29) is 0 Å². The van der Waals surface area contributed by atoms with Gasteiger partial charge < -0.3 is 4.42 Å². The molecule has 0 amide bonds. The number of benzene rings is 8. The number of hydrogen-bond donors (Lipinski definition) is 0. The minimum atomic E-state index is 0.597. The Kier molecular flexibility index (Phi) is 7.64. The Labute approximate surface area is 327 Å². The molecule has 56 heavy (non-hydrogen) atoms. The van der Waals surface area contributed by atoms with Gasteiger partial charge in [0.1, 0.15) is 11.2 Å². The summed E-state index contributed by atoms with van der Waals surface area (Å²) < 4.78 is 9.33. The molecule has 0 aliphatic carbocycles. The van der Waals surface area contributed by atoms with Gasteiger partial charge in [-0.25, -0.2) is 15.0 Å². The molecule has 11 aromatic rings. The standard InChI is InChI=1S/C51H31N3OS/c1-3-11-32(12-4-1)33-23-27-37(28-24-33)50-52-49(36-13-5-2-6-14-36)53-51(54-50)43-18-10-19-44-47(43)42-17-9-16-39(48(42)55-44)35-25-21-34(22-26-35)38-29-30-41-40-15-7-8-20-45(40)56-46(41)31-38/h1-31H. The molecular weight excluding hydrogens is 703 g/mol. The molecule has 11 rings (SSSR count). The summed E-state index contributed by atoms with van der Waals surface area (Å²) in [5.74, 6) is 1.83. The first-order valence-electron chi connectivity index (χ1n) is 18.7. The maximum Gasteiger partial charge on any atom is 0.164 e. The number of fused-ring (bicyclic) bond motifs is 6. The van der Waals surface area contributed by atoms with E-state index in [1.54, 1.807) is 0 Å². The van der Waals surface area contributed by atoms with Gasteiger partial charge in [-0.3, -0.25) is 0 Å². The molecule has 3 heterocycles. The molecule has 0 N–H and O–H groups in total. The lowest BCUT2D eigenvalue weighted by atomic mass is 9.97. The third kappa shape index (κ3) is 5.56. The zero-order valence-electron chi connectivity index (χ0n) is 30.1. The molecule has 4 nitrogen and oxygen atoms in total. The molecule has 0 spiro atoms. The van der Waals surface area contributed by atoms with E-state index in [0.717, 1.165) is 55.3 Å². The highest BCUT2D eigenvalue weighted by atomic mass is 32.1. The number of thiophene rings is 1. The topological polar surface area (TPSA) is 51.8 Å². The molecule has 0 saturated carbocycles. The smallest absolute Gasteiger partial charge is 0.164 e. The van der Waals surface area contributed by atoms with Crippen LogP contribution in [0.5, 0.6) is 0 Å². The lowest BCUT2D eigenvalue weighted by Gasteiger charge is -2.10. The van der Waals surface area contributed by atoms with Crippen molar-refractivity contribution in [2.75, 3.05) is 0 Å². The predicted octanol–water partition coefficient (Wildman–Crippen LogP) is 14.1. The quantitative estimate of drug-likeness (QED) is 0.171. The second kappa shape index (κ2) is 13.3. The van der Waals surface area contributed by atoms with Crippen molar-refractivity contribution in [3.63, 3.8) is 0 Å². The minimum Gasteiger partial charge on any atom is -0.455 e. The normalized spacial score (nSPS) is 11.6. The van der Waals surface area contributed by atoms with E-state index in [9.17, 15) is 0 Å². The molecule has 3 aromatic heterocycles. The number of furan rings is 1. The van der Waals surface area contributed by atoms with Crippen LogP contribution in [0.4, 0.5) is 0 Å². The molecule has 0 aliphatic heterocycles. The Balaban J connectivity index is 1.000. The molecule has 262 valence electrons. The highest BCUT2D eigenvalue weighted by Crippen LogP contribution is 2.41. The summed E-state index contributed by atoms with van der Waals surface area (Å²) in [7, 11) is 0. The molecule has 8 aromatic carbocycles. The van der Waals surface area contributed by atoms with Gasteiger partial charge in [0, 0.05) is 53.2 Å². The second-order valence-electron chi connectivity index (χ2n) is 14.0. The van der Waals surface area contributed by atoms with Crippen LogP contribution in [0.25, 0.3) is 110 Å². The van der Waals surface area contributed by atoms with Crippen molar-refractivity contribution in [3.8, 4) is 67.5 Å². The van der Waals surface area contributed by atoms with Gasteiger partial charge in [0.15, 0.2) is 17.5 Å². The van der Waals surface area contributed by atoms with Crippen LogP contribution in [0.1, 0.15) is 0 Å². The Morgan fingerprint density at radius 2 is 0.857 bits per heavy atom. The largest absolute Gasteiger partial charge is 0.455 e. The van der Waals surface area contributed by atoms with Crippen molar-refractivity contribution in [2.24, 2.45) is 0 Å². The fourth-order valence-corrected chi connectivity index (χ4v) is 8.94. The molecule has 0 bridgehead atoms. The fraction of sp³-hybridized carbons (Fsp3) is 0. The Bertz CT molecular complexity index is 3220. The molecule has 0 aliphatic rings. The summed E-state index contributed by atoms with van der Waals surface area (Å²) in [6.07, 6.45) is 0. The van der Waals surface area contributed by atoms with E-state index >= 15 is 0 Å². The maximum atomic E-state index is 6.71. The van der Waals surface area contributed by atoms with Crippen LogP contribution in [-0.2, 0) is 0 Å². The van der Waals surface area contributed by atoms with Gasteiger partial charge in [-0.2, -0.15) is 0 Å². The third-order valence-electron chi connectivity index (χ3n) is 10.6. The van der Waals surface area contributed by atoms with Crippen LogP contribution in [-0.4, -0.2) is 15.0 Å². The first-order chi connectivity index (χ1) is 27.7. The van der Waals surface area contributed by atoms with Gasteiger partial charge in [0.25, 0.3) is 0 Å². The van der Waals surface area contributed by atoms with Crippen LogP contribution in [0.15, 0.2) is 192 Å². The van der Waals surface area contributed by atoms with Crippen molar-refractivity contribution in [1.82, 2.24) is 15.0 Å². The highest BCUT2D eigenvalue weighted by molar-refractivity contribution is 7.25. The number of nitrogens with zero attached hydrogens (tertiary/aromatic N) is 3. The molecule has 0 atom stereocenters. The molecule has 0 saturated heterocycles. The third-order valence-corrected chi connectivity index (χ3v) is 11.7. The maximum absolute atomic E-state index is 6.71. The molecule has 5 heteroatoms. The summed E-state index contributed by atoms with van der Waals surface area (Å²) in [6, 6.07) is 65.6. The number of hydrogen-bond acceptors (Lipinski definition) is 5. The molecular formula is C51H31N3OS. The van der Waals surface area contributed by atoms with E-state index in [1.807, 2.05) is 59.9 Å². The summed E-state index contributed by atoms with van der Waals surface area (Å²) >= 11 is 1.85. The number of rotatable bonds is 6. The average molecular weight is 734 g/mol. The van der Waals surface area contributed by atoms with Crippen molar-refractivity contribution >= 4 is 53.4 Å². The van der Waals surface area contributed by atoms with E-state index in [1.165, 1.54) is 36.9 Å². The van der Waals surface area contributed by atoms with Crippen molar-refractivity contribution < 1.29 is 4.42 Å². The second-order valence-corrected chi connectivity index (χ2v) is 15.0. The SMILES string of the molecule is c1ccc(-c2ccc(-c3nc(-c4ccccc4)nc(-c4cccc5oc6c(-c7ccc(-c8ccc9c(c8)sc8ccccc89)cc7)cccc6c45)n3)cc2)cc1. The summed E-state index contributed by atoms with van der Waals surface area (Å²) in [6.45, 7) is 0. The monoisotopic (exact) mass is 733 g/mol. The van der Waals surface area contributed by atoms with E-state index in [2.05, 4.69) is 140 Å². The van der Waals surface area contributed by atoms with Gasteiger partial charge in [0.2, 0.25) is 0 Å². The number of para-hydroxylation sites is 1. The van der Waals surface area contributed by atoms with Gasteiger partial charge in [-0.1, -0.05) is 170 Å². The molecule has 0 fully saturated rings. The first kappa shape index (κ1) is 32.2. The van der Waals surface area contributed by atoms with Crippen LogP contribution in [0.2, 0.25) is 0 Å². The lowest BCUT2D eigenvalue weighted by molar-refractivity contribution is 0.670. The first-order valence-corrected chi connectivity index (χ1v) is 19.5. The van der Waals surface area contributed by atoms with Gasteiger partial charge >= 0.3 is 0 Å². The van der Waals surface area contributed by atoms with Crippen molar-refractivity contribution in [1.29, 1.82) is 0 Å². The summed E-state index contributed by atoms with van der Waals surface area (Å²) in [4.78, 5) is 15.2. The van der Waals surface area contributed by atoms with Gasteiger partial charge in [0.05, 0.1) is 0 Å².